The average Bonchev–Trinajstić information content (AvgIpc) is 2.04. The maximum Gasteiger partial charge on any atom is 0.328 e. The van der Waals surface area contributed by atoms with E-state index in [9.17, 15) is 10.1 Å². The first-order chi connectivity index (χ1) is 5.25. The fourth-order valence-electron chi connectivity index (χ4n) is 0.683. The van der Waals surface area contributed by atoms with E-state index >= 15 is 0 Å². The Hall–Kier alpha value is -1.69. The zero-order valence-electron chi connectivity index (χ0n) is 6.35. The molecule has 0 saturated carbocycles. The van der Waals surface area contributed by atoms with Gasteiger partial charge in [-0.05, 0) is 0 Å². The molecule has 0 spiro atoms. The summed E-state index contributed by atoms with van der Waals surface area (Å²) in [6.45, 7) is 0. The molecule has 0 aliphatic carbocycles. The van der Waals surface area contributed by atoms with E-state index in [0.717, 1.165) is 6.20 Å². The topological polar surface area (TPSA) is 96.8 Å². The summed E-state index contributed by atoms with van der Waals surface area (Å²) in [5.74, 6) is 0.227. The second kappa shape index (κ2) is 4.24. The Labute approximate surface area is 68.3 Å². The summed E-state index contributed by atoms with van der Waals surface area (Å²) >= 11 is 0. The van der Waals surface area contributed by atoms with Gasteiger partial charge in [-0.3, -0.25) is 15.1 Å². The molecule has 6 nitrogen and oxygen atoms in total. The van der Waals surface area contributed by atoms with E-state index in [-0.39, 0.29) is 16.9 Å². The normalized spacial score (nSPS) is 8.42. The number of methoxy groups -OCH3 is 1. The molecule has 0 unspecified atom stereocenters. The van der Waals surface area contributed by atoms with Crippen LogP contribution in [0.1, 0.15) is 0 Å². The molecule has 0 saturated heterocycles. The van der Waals surface area contributed by atoms with Crippen molar-refractivity contribution in [2.24, 2.45) is 0 Å². The highest BCUT2D eigenvalue weighted by molar-refractivity contribution is 5.42. The number of hydrogen-bond acceptors (Lipinski definition) is 4. The van der Waals surface area contributed by atoms with Gasteiger partial charge in [-0.2, -0.15) is 0 Å². The molecule has 2 N–H and O–H groups in total. The summed E-state index contributed by atoms with van der Waals surface area (Å²) in [6, 6.07) is 1.44. The van der Waals surface area contributed by atoms with Crippen LogP contribution in [0.25, 0.3) is 0 Å². The Morgan fingerprint density at radius 2 is 2.33 bits per heavy atom. The lowest BCUT2D eigenvalue weighted by Gasteiger charge is -1.97. The fraction of sp³-hybridized carbons (Fsp3) is 0.167. The van der Waals surface area contributed by atoms with Crippen molar-refractivity contribution in [3.8, 4) is 5.75 Å². The first-order valence-corrected chi connectivity index (χ1v) is 2.88. The SMILES string of the molecule is COc1ccncc1[N+](=O)[O-].O. The highest BCUT2D eigenvalue weighted by Gasteiger charge is 2.12. The van der Waals surface area contributed by atoms with Crippen LogP contribution in [0.15, 0.2) is 18.5 Å². The van der Waals surface area contributed by atoms with Crippen LogP contribution in [-0.2, 0) is 0 Å². The molecule has 0 bridgehead atoms. The van der Waals surface area contributed by atoms with E-state index in [2.05, 4.69) is 4.98 Å². The van der Waals surface area contributed by atoms with Crippen molar-refractivity contribution in [3.05, 3.63) is 28.6 Å². The third kappa shape index (κ3) is 1.89. The van der Waals surface area contributed by atoms with E-state index in [1.807, 2.05) is 0 Å². The number of ether oxygens (including phenoxy) is 1. The van der Waals surface area contributed by atoms with Gasteiger partial charge in [-0.1, -0.05) is 0 Å². The lowest BCUT2D eigenvalue weighted by atomic mass is 10.4. The average molecular weight is 172 g/mol. The number of nitrogens with zero attached hydrogens (tertiary/aromatic N) is 2. The summed E-state index contributed by atoms with van der Waals surface area (Å²) in [5, 5.41) is 10.3. The summed E-state index contributed by atoms with van der Waals surface area (Å²) in [7, 11) is 1.38. The molecule has 1 aromatic heterocycles. The summed E-state index contributed by atoms with van der Waals surface area (Å²) in [4.78, 5) is 13.3. The Kier molecular flexibility index (Phi) is 3.65. The zero-order chi connectivity index (χ0) is 8.27. The lowest BCUT2D eigenvalue weighted by molar-refractivity contribution is -0.386. The minimum absolute atomic E-state index is 0. The molecule has 12 heavy (non-hydrogen) atoms. The molecular formula is C6H8N2O4. The Balaban J connectivity index is 0.00000121. The molecule has 0 atom stereocenters. The van der Waals surface area contributed by atoms with E-state index in [1.165, 1.54) is 19.4 Å². The number of nitro groups is 1. The van der Waals surface area contributed by atoms with Gasteiger partial charge >= 0.3 is 5.69 Å². The molecule has 0 fully saturated rings. The molecular weight excluding hydrogens is 164 g/mol. The number of hydrogen-bond donors (Lipinski definition) is 0. The zero-order valence-corrected chi connectivity index (χ0v) is 6.35. The lowest BCUT2D eigenvalue weighted by Crippen LogP contribution is -1.93. The van der Waals surface area contributed by atoms with Gasteiger partial charge in [0, 0.05) is 12.3 Å². The largest absolute Gasteiger partial charge is 0.490 e. The molecule has 1 aromatic rings. The predicted molar refractivity (Wildman–Crippen MR) is 41.1 cm³/mol. The molecule has 1 heterocycles. The van der Waals surface area contributed by atoms with Gasteiger partial charge in [0.1, 0.15) is 6.20 Å². The van der Waals surface area contributed by atoms with Gasteiger partial charge in [0.15, 0.2) is 5.75 Å². The Bertz CT molecular complexity index is 276. The van der Waals surface area contributed by atoms with Gasteiger partial charge < -0.3 is 10.2 Å². The molecule has 0 aromatic carbocycles. The van der Waals surface area contributed by atoms with Gasteiger partial charge in [-0.15, -0.1) is 0 Å². The Morgan fingerprint density at radius 3 is 2.75 bits per heavy atom. The third-order valence-corrected chi connectivity index (χ3v) is 1.18. The first kappa shape index (κ1) is 10.3. The Morgan fingerprint density at radius 1 is 1.67 bits per heavy atom. The van der Waals surface area contributed by atoms with Gasteiger partial charge in [-0.25, -0.2) is 0 Å². The summed E-state index contributed by atoms with van der Waals surface area (Å²) < 4.78 is 4.72. The second-order valence-electron chi connectivity index (χ2n) is 1.80. The van der Waals surface area contributed by atoms with Crippen molar-refractivity contribution in [2.75, 3.05) is 7.11 Å². The van der Waals surface area contributed by atoms with Crippen molar-refractivity contribution in [1.29, 1.82) is 0 Å². The molecule has 0 aliphatic heterocycles. The van der Waals surface area contributed by atoms with Crippen LogP contribution < -0.4 is 4.74 Å². The van der Waals surface area contributed by atoms with Crippen LogP contribution in [0, 0.1) is 10.1 Å². The van der Waals surface area contributed by atoms with Gasteiger partial charge in [0.2, 0.25) is 0 Å². The van der Waals surface area contributed by atoms with Crippen molar-refractivity contribution in [3.63, 3.8) is 0 Å². The van der Waals surface area contributed by atoms with Crippen molar-refractivity contribution in [1.82, 2.24) is 4.98 Å². The maximum atomic E-state index is 10.3. The molecule has 6 heteroatoms. The van der Waals surface area contributed by atoms with Crippen molar-refractivity contribution >= 4 is 5.69 Å². The minimum atomic E-state index is -0.536. The first-order valence-electron chi connectivity index (χ1n) is 2.88. The van der Waals surface area contributed by atoms with E-state index in [4.69, 9.17) is 4.74 Å². The monoisotopic (exact) mass is 172 g/mol. The van der Waals surface area contributed by atoms with Crippen LogP contribution in [0.2, 0.25) is 0 Å². The third-order valence-electron chi connectivity index (χ3n) is 1.18. The van der Waals surface area contributed by atoms with Crippen LogP contribution in [-0.4, -0.2) is 22.5 Å². The predicted octanol–water partition coefficient (Wildman–Crippen LogP) is 0.174. The van der Waals surface area contributed by atoms with E-state index in [1.54, 1.807) is 0 Å². The van der Waals surface area contributed by atoms with Crippen molar-refractivity contribution in [2.45, 2.75) is 0 Å². The highest BCUT2D eigenvalue weighted by Crippen LogP contribution is 2.23. The standard InChI is InChI=1S/C6H6N2O3.H2O/c1-11-6-2-3-7-4-5(6)8(9)10;/h2-4H,1H3;1H2. The summed E-state index contributed by atoms with van der Waals surface area (Å²) in [5.41, 5.74) is -0.116. The maximum absolute atomic E-state index is 10.3. The molecule has 0 radical (unpaired) electrons. The highest BCUT2D eigenvalue weighted by atomic mass is 16.6. The fourth-order valence-corrected chi connectivity index (χ4v) is 0.683. The van der Waals surface area contributed by atoms with Crippen LogP contribution >= 0.6 is 0 Å². The quantitative estimate of drug-likeness (QED) is 0.469. The molecule has 1 rings (SSSR count). The minimum Gasteiger partial charge on any atom is -0.490 e. The summed E-state index contributed by atoms with van der Waals surface area (Å²) in [6.07, 6.45) is 2.59. The second-order valence-corrected chi connectivity index (χ2v) is 1.80. The number of aromatic nitrogens is 1. The van der Waals surface area contributed by atoms with E-state index < -0.39 is 4.92 Å². The van der Waals surface area contributed by atoms with Gasteiger partial charge in [0.25, 0.3) is 0 Å². The van der Waals surface area contributed by atoms with E-state index in [0.29, 0.717) is 0 Å². The van der Waals surface area contributed by atoms with Crippen LogP contribution in [0.4, 0.5) is 5.69 Å². The van der Waals surface area contributed by atoms with Crippen LogP contribution in [0.5, 0.6) is 5.75 Å². The smallest absolute Gasteiger partial charge is 0.328 e. The molecule has 0 amide bonds. The van der Waals surface area contributed by atoms with Crippen LogP contribution in [0.3, 0.4) is 0 Å². The number of pyridine rings is 1. The molecule has 66 valence electrons. The molecule has 0 aliphatic rings. The van der Waals surface area contributed by atoms with Crippen molar-refractivity contribution < 1.29 is 15.1 Å². The number of rotatable bonds is 2. The van der Waals surface area contributed by atoms with Gasteiger partial charge in [0.05, 0.1) is 12.0 Å².